The standard InChI is InChI=1S/C26H43NO2/c1-16-12-21(29)25(5)9-8-20-19(22(16)25)7-6-17-13-26(11-10-24(17,20)4)15-18(28)14-23(2,3)27-26/h16-17,19-22,27,29H,6-15H2,1-5H3/t16-,17?,19?,20?,21?,22?,24?,25?,26?/m1/s1. The van der Waals surface area contributed by atoms with E-state index in [1.54, 1.807) is 0 Å². The van der Waals surface area contributed by atoms with E-state index in [1.807, 2.05) is 0 Å². The molecule has 9 atom stereocenters. The van der Waals surface area contributed by atoms with Gasteiger partial charge in [-0.3, -0.25) is 4.79 Å². The molecule has 3 heteroatoms. The van der Waals surface area contributed by atoms with Crippen LogP contribution in [0.2, 0.25) is 0 Å². The van der Waals surface area contributed by atoms with Gasteiger partial charge in [0.1, 0.15) is 5.78 Å². The van der Waals surface area contributed by atoms with Crippen LogP contribution in [-0.2, 0) is 4.79 Å². The summed E-state index contributed by atoms with van der Waals surface area (Å²) in [6.07, 6.45) is 11.2. The molecule has 4 aliphatic carbocycles. The number of nitrogens with one attached hydrogen (secondary N) is 1. The van der Waals surface area contributed by atoms with Crippen molar-refractivity contribution in [2.24, 2.45) is 40.4 Å². The first-order chi connectivity index (χ1) is 13.5. The molecule has 1 aliphatic heterocycles. The fourth-order valence-corrected chi connectivity index (χ4v) is 9.86. The number of carbonyl (C=O) groups excluding carboxylic acids is 1. The van der Waals surface area contributed by atoms with Crippen molar-refractivity contribution >= 4 is 5.78 Å². The van der Waals surface area contributed by atoms with E-state index in [1.165, 1.54) is 44.9 Å². The van der Waals surface area contributed by atoms with Gasteiger partial charge in [0.25, 0.3) is 0 Å². The number of ketones is 1. The van der Waals surface area contributed by atoms with E-state index in [0.29, 0.717) is 29.5 Å². The minimum atomic E-state index is -0.0942. The summed E-state index contributed by atoms with van der Waals surface area (Å²) in [6, 6.07) is 0. The monoisotopic (exact) mass is 401 g/mol. The van der Waals surface area contributed by atoms with E-state index in [4.69, 9.17) is 0 Å². The van der Waals surface area contributed by atoms with Crippen molar-refractivity contribution in [3.63, 3.8) is 0 Å². The van der Waals surface area contributed by atoms with Crippen LogP contribution in [0.15, 0.2) is 0 Å². The Labute approximate surface area is 177 Å². The molecule has 29 heavy (non-hydrogen) atoms. The summed E-state index contributed by atoms with van der Waals surface area (Å²) in [5.74, 6) is 4.20. The zero-order chi connectivity index (χ0) is 20.8. The Morgan fingerprint density at radius 3 is 2.45 bits per heavy atom. The lowest BCUT2D eigenvalue weighted by atomic mass is 9.43. The Hall–Kier alpha value is -0.410. The molecule has 0 aromatic carbocycles. The molecule has 164 valence electrons. The zero-order valence-corrected chi connectivity index (χ0v) is 19.4. The van der Waals surface area contributed by atoms with Crippen molar-refractivity contribution in [1.29, 1.82) is 0 Å². The molecule has 0 radical (unpaired) electrons. The van der Waals surface area contributed by atoms with Crippen LogP contribution in [0.5, 0.6) is 0 Å². The van der Waals surface area contributed by atoms with E-state index >= 15 is 0 Å². The van der Waals surface area contributed by atoms with Crippen molar-refractivity contribution in [2.45, 2.75) is 116 Å². The number of Topliss-reactive ketones (excluding diaryl/α,β-unsaturated/α-hetero) is 1. The first kappa shape index (κ1) is 20.5. The Bertz CT molecular complexity index is 703. The van der Waals surface area contributed by atoms with E-state index in [0.717, 1.165) is 30.6 Å². The number of aliphatic hydroxyl groups is 1. The molecule has 1 spiro atoms. The molecule has 0 bridgehead atoms. The Morgan fingerprint density at radius 2 is 1.72 bits per heavy atom. The highest BCUT2D eigenvalue weighted by Gasteiger charge is 2.63. The largest absolute Gasteiger partial charge is 0.393 e. The lowest BCUT2D eigenvalue weighted by Crippen LogP contribution is -2.66. The van der Waals surface area contributed by atoms with Gasteiger partial charge in [0.05, 0.1) is 6.10 Å². The Kier molecular flexibility index (Phi) is 4.46. The number of hydrogen-bond donors (Lipinski definition) is 2. The van der Waals surface area contributed by atoms with Crippen molar-refractivity contribution in [2.75, 3.05) is 0 Å². The molecular formula is C26H43NO2. The number of fused-ring (bicyclic) bond motifs is 5. The molecule has 0 aromatic rings. The van der Waals surface area contributed by atoms with E-state index in [-0.39, 0.29) is 22.6 Å². The first-order valence-corrected chi connectivity index (χ1v) is 12.5. The first-order valence-electron chi connectivity index (χ1n) is 12.5. The highest BCUT2D eigenvalue weighted by molar-refractivity contribution is 5.82. The van der Waals surface area contributed by atoms with Crippen molar-refractivity contribution < 1.29 is 9.90 Å². The number of piperidine rings is 1. The summed E-state index contributed by atoms with van der Waals surface area (Å²) < 4.78 is 0. The topological polar surface area (TPSA) is 49.3 Å². The number of aliphatic hydroxyl groups excluding tert-OH is 1. The van der Waals surface area contributed by atoms with Crippen LogP contribution in [-0.4, -0.2) is 28.1 Å². The highest BCUT2D eigenvalue weighted by atomic mass is 16.3. The number of hydrogen-bond acceptors (Lipinski definition) is 3. The zero-order valence-electron chi connectivity index (χ0n) is 19.4. The van der Waals surface area contributed by atoms with E-state index in [9.17, 15) is 9.90 Å². The lowest BCUT2D eigenvalue weighted by Gasteiger charge is -2.64. The maximum absolute atomic E-state index is 12.6. The van der Waals surface area contributed by atoms with Gasteiger partial charge in [0.2, 0.25) is 0 Å². The summed E-state index contributed by atoms with van der Waals surface area (Å²) in [7, 11) is 0. The number of carbonyl (C=O) groups is 1. The quantitative estimate of drug-likeness (QED) is 0.593. The summed E-state index contributed by atoms with van der Waals surface area (Å²) in [4.78, 5) is 12.6. The summed E-state index contributed by atoms with van der Waals surface area (Å²) >= 11 is 0. The smallest absolute Gasteiger partial charge is 0.136 e. The maximum Gasteiger partial charge on any atom is 0.136 e. The number of rotatable bonds is 0. The van der Waals surface area contributed by atoms with Gasteiger partial charge in [-0.2, -0.15) is 0 Å². The predicted molar refractivity (Wildman–Crippen MR) is 116 cm³/mol. The van der Waals surface area contributed by atoms with Crippen molar-refractivity contribution in [3.8, 4) is 0 Å². The van der Waals surface area contributed by atoms with Crippen molar-refractivity contribution in [1.82, 2.24) is 5.32 Å². The molecule has 1 saturated heterocycles. The Morgan fingerprint density at radius 1 is 0.966 bits per heavy atom. The second-order valence-corrected chi connectivity index (χ2v) is 13.2. The molecule has 5 rings (SSSR count). The summed E-state index contributed by atoms with van der Waals surface area (Å²) in [5, 5.41) is 14.8. The minimum Gasteiger partial charge on any atom is -0.393 e. The van der Waals surface area contributed by atoms with E-state index in [2.05, 4.69) is 39.9 Å². The highest BCUT2D eigenvalue weighted by Crippen LogP contribution is 2.68. The average Bonchev–Trinajstić information content (AvgIpc) is 2.83. The molecule has 0 amide bonds. The molecule has 4 saturated carbocycles. The van der Waals surface area contributed by atoms with Crippen LogP contribution in [0.3, 0.4) is 0 Å². The molecule has 3 nitrogen and oxygen atoms in total. The van der Waals surface area contributed by atoms with Gasteiger partial charge >= 0.3 is 0 Å². The fourth-order valence-electron chi connectivity index (χ4n) is 9.86. The van der Waals surface area contributed by atoms with Gasteiger partial charge < -0.3 is 10.4 Å². The molecule has 1 heterocycles. The Balaban J connectivity index is 1.40. The lowest BCUT2D eigenvalue weighted by molar-refractivity contribution is -0.145. The van der Waals surface area contributed by atoms with Crippen LogP contribution in [0.4, 0.5) is 0 Å². The second kappa shape index (κ2) is 6.31. The third kappa shape index (κ3) is 2.93. The second-order valence-electron chi connectivity index (χ2n) is 13.2. The van der Waals surface area contributed by atoms with Gasteiger partial charge in [-0.05, 0) is 106 Å². The normalized spacial score (nSPS) is 56.6. The van der Waals surface area contributed by atoms with Crippen LogP contribution < -0.4 is 5.32 Å². The van der Waals surface area contributed by atoms with E-state index < -0.39 is 0 Å². The third-order valence-corrected chi connectivity index (χ3v) is 10.9. The average molecular weight is 402 g/mol. The fraction of sp³-hybridized carbons (Fsp3) is 0.962. The van der Waals surface area contributed by atoms with Crippen LogP contribution in [0.1, 0.15) is 98.8 Å². The molecule has 5 aliphatic rings. The van der Waals surface area contributed by atoms with Gasteiger partial charge in [-0.25, -0.2) is 0 Å². The SMILES string of the molecule is C[C@@H]1CC(O)C2(C)CCC3C(CCC4CC5(CCC43C)CC(=O)CC(C)(C)N5)C12. The maximum atomic E-state index is 12.6. The predicted octanol–water partition coefficient (Wildman–Crippen LogP) is 5.11. The minimum absolute atomic E-state index is 0.0515. The van der Waals surface area contributed by atoms with Crippen LogP contribution >= 0.6 is 0 Å². The van der Waals surface area contributed by atoms with Gasteiger partial charge in [-0.1, -0.05) is 20.8 Å². The van der Waals surface area contributed by atoms with Crippen LogP contribution in [0.25, 0.3) is 0 Å². The molecule has 5 fully saturated rings. The molecule has 8 unspecified atom stereocenters. The molecular weight excluding hydrogens is 358 g/mol. The van der Waals surface area contributed by atoms with Crippen molar-refractivity contribution in [3.05, 3.63) is 0 Å². The molecule has 2 N–H and O–H groups in total. The van der Waals surface area contributed by atoms with Gasteiger partial charge in [0, 0.05) is 23.9 Å². The van der Waals surface area contributed by atoms with Gasteiger partial charge in [0.15, 0.2) is 0 Å². The van der Waals surface area contributed by atoms with Crippen LogP contribution in [0, 0.1) is 40.4 Å². The summed E-state index contributed by atoms with van der Waals surface area (Å²) in [5.41, 5.74) is 0.578. The summed E-state index contributed by atoms with van der Waals surface area (Å²) in [6.45, 7) is 11.8. The third-order valence-electron chi connectivity index (χ3n) is 10.9. The molecule has 0 aromatic heterocycles. The van der Waals surface area contributed by atoms with Gasteiger partial charge in [-0.15, -0.1) is 0 Å².